The molecule has 3 rings (SSSR count). The van der Waals surface area contributed by atoms with E-state index in [0.717, 1.165) is 16.7 Å². The summed E-state index contributed by atoms with van der Waals surface area (Å²) in [6.45, 7) is 0. The van der Waals surface area contributed by atoms with Gasteiger partial charge in [-0.2, -0.15) is 0 Å². The third kappa shape index (κ3) is 1.79. The first-order valence-corrected chi connectivity index (χ1v) is 5.89. The molecule has 2 aromatic carbocycles. The molecule has 0 N–H and O–H groups in total. The zero-order chi connectivity index (χ0) is 11.8. The lowest BCUT2D eigenvalue weighted by Crippen LogP contribution is -1.90. The molecular formula is C13H8Cl2N2. The molecule has 3 aromatic rings. The SMILES string of the molecule is Clc1cc2ncn(-c3ccccc3)c2cc1Cl. The first-order chi connectivity index (χ1) is 8.25. The van der Waals surface area contributed by atoms with Gasteiger partial charge in [-0.05, 0) is 24.3 Å². The Hall–Kier alpha value is -1.51. The van der Waals surface area contributed by atoms with Gasteiger partial charge in [0.1, 0.15) is 6.33 Å². The highest BCUT2D eigenvalue weighted by Crippen LogP contribution is 2.28. The van der Waals surface area contributed by atoms with Crippen molar-refractivity contribution in [1.82, 2.24) is 9.55 Å². The van der Waals surface area contributed by atoms with E-state index in [4.69, 9.17) is 23.2 Å². The van der Waals surface area contributed by atoms with Crippen LogP contribution in [0.3, 0.4) is 0 Å². The van der Waals surface area contributed by atoms with Gasteiger partial charge in [0.05, 0.1) is 21.1 Å². The van der Waals surface area contributed by atoms with E-state index < -0.39 is 0 Å². The molecule has 0 spiro atoms. The maximum absolute atomic E-state index is 6.03. The Bertz CT molecular complexity index is 674. The third-order valence-electron chi connectivity index (χ3n) is 2.62. The molecule has 0 unspecified atom stereocenters. The molecule has 4 heteroatoms. The van der Waals surface area contributed by atoms with Crippen molar-refractivity contribution in [2.24, 2.45) is 0 Å². The van der Waals surface area contributed by atoms with Crippen LogP contribution >= 0.6 is 23.2 Å². The van der Waals surface area contributed by atoms with Gasteiger partial charge in [-0.1, -0.05) is 41.4 Å². The van der Waals surface area contributed by atoms with E-state index in [9.17, 15) is 0 Å². The molecule has 1 heterocycles. The largest absolute Gasteiger partial charge is 0.299 e. The molecular weight excluding hydrogens is 255 g/mol. The van der Waals surface area contributed by atoms with Crippen LogP contribution in [0.4, 0.5) is 0 Å². The van der Waals surface area contributed by atoms with Crippen LogP contribution in [0.15, 0.2) is 48.8 Å². The molecule has 2 nitrogen and oxygen atoms in total. The fourth-order valence-electron chi connectivity index (χ4n) is 1.80. The minimum absolute atomic E-state index is 0.525. The topological polar surface area (TPSA) is 17.8 Å². The van der Waals surface area contributed by atoms with Gasteiger partial charge in [0.25, 0.3) is 0 Å². The monoisotopic (exact) mass is 262 g/mol. The Morgan fingerprint density at radius 2 is 1.65 bits per heavy atom. The summed E-state index contributed by atoms with van der Waals surface area (Å²) in [5.74, 6) is 0. The first-order valence-electron chi connectivity index (χ1n) is 5.13. The lowest BCUT2D eigenvalue weighted by Gasteiger charge is -2.04. The molecule has 0 aliphatic carbocycles. The van der Waals surface area contributed by atoms with Crippen molar-refractivity contribution in [2.45, 2.75) is 0 Å². The number of hydrogen-bond donors (Lipinski definition) is 0. The molecule has 0 saturated heterocycles. The van der Waals surface area contributed by atoms with Gasteiger partial charge in [0.15, 0.2) is 0 Å². The second kappa shape index (κ2) is 4.06. The van der Waals surface area contributed by atoms with Gasteiger partial charge in [-0.15, -0.1) is 0 Å². The number of nitrogens with zero attached hydrogens (tertiary/aromatic N) is 2. The lowest BCUT2D eigenvalue weighted by molar-refractivity contribution is 1.09. The summed E-state index contributed by atoms with van der Waals surface area (Å²) < 4.78 is 1.98. The molecule has 17 heavy (non-hydrogen) atoms. The zero-order valence-electron chi connectivity index (χ0n) is 8.77. The van der Waals surface area contributed by atoms with Crippen molar-refractivity contribution in [1.29, 1.82) is 0 Å². The number of halogens is 2. The van der Waals surface area contributed by atoms with Gasteiger partial charge >= 0.3 is 0 Å². The predicted molar refractivity (Wildman–Crippen MR) is 71.1 cm³/mol. The van der Waals surface area contributed by atoms with E-state index in [1.807, 2.05) is 41.0 Å². The van der Waals surface area contributed by atoms with Crippen LogP contribution in [0, 0.1) is 0 Å². The highest BCUT2D eigenvalue weighted by molar-refractivity contribution is 6.42. The molecule has 0 aliphatic rings. The number of benzene rings is 2. The molecule has 0 amide bonds. The minimum Gasteiger partial charge on any atom is -0.299 e. The highest BCUT2D eigenvalue weighted by atomic mass is 35.5. The van der Waals surface area contributed by atoms with Crippen LogP contribution in [-0.4, -0.2) is 9.55 Å². The van der Waals surface area contributed by atoms with Crippen molar-refractivity contribution in [3.63, 3.8) is 0 Å². The molecule has 0 aliphatic heterocycles. The summed E-state index contributed by atoms with van der Waals surface area (Å²) in [5, 5.41) is 1.06. The van der Waals surface area contributed by atoms with Crippen molar-refractivity contribution < 1.29 is 0 Å². The Kier molecular flexibility index (Phi) is 2.54. The maximum Gasteiger partial charge on any atom is 0.100 e. The van der Waals surface area contributed by atoms with Crippen molar-refractivity contribution in [3.8, 4) is 5.69 Å². The summed E-state index contributed by atoms with van der Waals surface area (Å²) in [6.07, 6.45) is 1.77. The summed E-state index contributed by atoms with van der Waals surface area (Å²) in [6, 6.07) is 13.6. The second-order valence-corrected chi connectivity index (χ2v) is 4.52. The van der Waals surface area contributed by atoms with Crippen LogP contribution < -0.4 is 0 Å². The number of imidazole rings is 1. The van der Waals surface area contributed by atoms with Crippen LogP contribution in [-0.2, 0) is 0 Å². The molecule has 0 radical (unpaired) electrons. The molecule has 0 atom stereocenters. The Balaban J connectivity index is 2.29. The zero-order valence-corrected chi connectivity index (χ0v) is 10.3. The summed E-state index contributed by atoms with van der Waals surface area (Å²) in [7, 11) is 0. The van der Waals surface area contributed by atoms with Crippen LogP contribution in [0.2, 0.25) is 10.0 Å². The van der Waals surface area contributed by atoms with E-state index in [1.165, 1.54) is 0 Å². The average Bonchev–Trinajstić information content (AvgIpc) is 2.74. The van der Waals surface area contributed by atoms with Gasteiger partial charge in [0, 0.05) is 5.69 Å². The Labute approximate surface area is 108 Å². The van der Waals surface area contributed by atoms with E-state index in [-0.39, 0.29) is 0 Å². The standard InChI is InChI=1S/C13H8Cl2N2/c14-10-6-12-13(7-11(10)15)17(8-16-12)9-4-2-1-3-5-9/h1-8H. The van der Waals surface area contributed by atoms with Crippen molar-refractivity contribution in [2.75, 3.05) is 0 Å². The third-order valence-corrected chi connectivity index (χ3v) is 3.35. The van der Waals surface area contributed by atoms with E-state index in [0.29, 0.717) is 10.0 Å². The number of fused-ring (bicyclic) bond motifs is 1. The van der Waals surface area contributed by atoms with Crippen molar-refractivity contribution >= 4 is 34.2 Å². The first kappa shape index (κ1) is 10.6. The molecule has 0 fully saturated rings. The van der Waals surface area contributed by atoms with E-state index >= 15 is 0 Å². The van der Waals surface area contributed by atoms with Gasteiger partial charge in [-0.3, -0.25) is 4.57 Å². The lowest BCUT2D eigenvalue weighted by atomic mass is 10.3. The quantitative estimate of drug-likeness (QED) is 0.638. The normalized spacial score (nSPS) is 10.9. The van der Waals surface area contributed by atoms with Gasteiger partial charge in [0.2, 0.25) is 0 Å². The number of para-hydroxylation sites is 1. The predicted octanol–water partition coefficient (Wildman–Crippen LogP) is 4.33. The average molecular weight is 263 g/mol. The number of rotatable bonds is 1. The van der Waals surface area contributed by atoms with Crippen LogP contribution in [0.25, 0.3) is 16.7 Å². The van der Waals surface area contributed by atoms with Gasteiger partial charge < -0.3 is 0 Å². The van der Waals surface area contributed by atoms with E-state index in [2.05, 4.69) is 4.98 Å². The fourth-order valence-corrected chi connectivity index (χ4v) is 2.11. The molecule has 84 valence electrons. The molecule has 1 aromatic heterocycles. The molecule has 0 bridgehead atoms. The minimum atomic E-state index is 0.525. The maximum atomic E-state index is 6.03. The van der Waals surface area contributed by atoms with Crippen molar-refractivity contribution in [3.05, 3.63) is 58.8 Å². The Morgan fingerprint density at radius 1 is 0.941 bits per heavy atom. The van der Waals surface area contributed by atoms with Crippen LogP contribution in [0.5, 0.6) is 0 Å². The second-order valence-electron chi connectivity index (χ2n) is 3.71. The van der Waals surface area contributed by atoms with Gasteiger partial charge in [-0.25, -0.2) is 4.98 Å². The summed E-state index contributed by atoms with van der Waals surface area (Å²) in [5.41, 5.74) is 2.84. The summed E-state index contributed by atoms with van der Waals surface area (Å²) in [4.78, 5) is 4.32. The fraction of sp³-hybridized carbons (Fsp3) is 0. The highest BCUT2D eigenvalue weighted by Gasteiger charge is 2.07. The number of hydrogen-bond acceptors (Lipinski definition) is 1. The van der Waals surface area contributed by atoms with Crippen LogP contribution in [0.1, 0.15) is 0 Å². The molecule has 0 saturated carbocycles. The number of aromatic nitrogens is 2. The van der Waals surface area contributed by atoms with E-state index in [1.54, 1.807) is 12.4 Å². The summed E-state index contributed by atoms with van der Waals surface area (Å²) >= 11 is 12.0. The Morgan fingerprint density at radius 3 is 2.41 bits per heavy atom. The smallest absolute Gasteiger partial charge is 0.100 e.